The molecule has 0 spiro atoms. The summed E-state index contributed by atoms with van der Waals surface area (Å²) in [4.78, 5) is 13.0. The molecule has 3 N–H and O–H groups in total. The summed E-state index contributed by atoms with van der Waals surface area (Å²) >= 11 is 0. The summed E-state index contributed by atoms with van der Waals surface area (Å²) in [5.74, 6) is 0.648. The van der Waals surface area contributed by atoms with E-state index in [0.717, 1.165) is 29.5 Å². The van der Waals surface area contributed by atoms with Crippen molar-refractivity contribution in [3.05, 3.63) is 41.0 Å². The second-order valence-corrected chi connectivity index (χ2v) is 9.66. The maximum atomic E-state index is 13.0. The zero-order valence-corrected chi connectivity index (χ0v) is 18.0. The lowest BCUT2D eigenvalue weighted by Gasteiger charge is -2.37. The third-order valence-corrected chi connectivity index (χ3v) is 7.91. The van der Waals surface area contributed by atoms with E-state index in [-0.39, 0.29) is 30.7 Å². The number of nitrogens with zero attached hydrogens (tertiary/aromatic N) is 1. The van der Waals surface area contributed by atoms with Crippen molar-refractivity contribution in [2.75, 3.05) is 39.5 Å². The molecule has 0 aromatic heterocycles. The van der Waals surface area contributed by atoms with Crippen molar-refractivity contribution < 1.29 is 24.6 Å². The number of aliphatic hydroxyl groups excluding tert-OH is 3. The van der Waals surface area contributed by atoms with Gasteiger partial charge in [0.1, 0.15) is 26.2 Å². The van der Waals surface area contributed by atoms with Gasteiger partial charge < -0.3 is 19.8 Å². The van der Waals surface area contributed by atoms with E-state index in [2.05, 4.69) is 39.0 Å². The van der Waals surface area contributed by atoms with Crippen molar-refractivity contribution in [2.24, 2.45) is 16.7 Å². The number of allylic oxidation sites excluding steroid dienone is 1. The highest BCUT2D eigenvalue weighted by molar-refractivity contribution is 6.07. The van der Waals surface area contributed by atoms with Crippen molar-refractivity contribution in [3.63, 3.8) is 0 Å². The van der Waals surface area contributed by atoms with Crippen LogP contribution in [0.25, 0.3) is 6.08 Å². The van der Waals surface area contributed by atoms with Crippen LogP contribution in [0.3, 0.4) is 0 Å². The Kier molecular flexibility index (Phi) is 6.35. The molecular weight excluding hydrogens is 366 g/mol. The normalized spacial score (nSPS) is 27.2. The van der Waals surface area contributed by atoms with Crippen LogP contribution in [0.2, 0.25) is 0 Å². The Morgan fingerprint density at radius 2 is 1.55 bits per heavy atom. The van der Waals surface area contributed by atoms with Crippen LogP contribution in [-0.2, 0) is 11.3 Å². The number of hydrogen-bond donors (Lipinski definition) is 3. The van der Waals surface area contributed by atoms with E-state index in [1.165, 1.54) is 0 Å². The fourth-order valence-corrected chi connectivity index (χ4v) is 5.59. The maximum Gasteiger partial charge on any atom is 0.165 e. The van der Waals surface area contributed by atoms with E-state index in [9.17, 15) is 20.1 Å². The van der Waals surface area contributed by atoms with Gasteiger partial charge in [-0.1, -0.05) is 45.0 Å². The minimum Gasteiger partial charge on any atom is -0.391 e. The third-order valence-electron chi connectivity index (χ3n) is 7.91. The molecule has 0 saturated heterocycles. The number of carbonyl (C=O) groups excluding carboxylic acids is 1. The van der Waals surface area contributed by atoms with Gasteiger partial charge >= 0.3 is 0 Å². The molecule has 29 heavy (non-hydrogen) atoms. The molecule has 3 rings (SSSR count). The van der Waals surface area contributed by atoms with Gasteiger partial charge in [0.2, 0.25) is 0 Å². The van der Waals surface area contributed by atoms with Crippen LogP contribution in [0.1, 0.15) is 44.7 Å². The number of benzene rings is 1. The van der Waals surface area contributed by atoms with Gasteiger partial charge in [0.25, 0.3) is 0 Å². The molecule has 1 aromatic rings. The first-order chi connectivity index (χ1) is 13.7. The largest absolute Gasteiger partial charge is 0.391 e. The molecule has 2 saturated carbocycles. The smallest absolute Gasteiger partial charge is 0.165 e. The first-order valence-corrected chi connectivity index (χ1v) is 10.8. The zero-order chi connectivity index (χ0) is 21.3. The molecule has 0 heterocycles. The molecule has 2 aliphatic rings. The van der Waals surface area contributed by atoms with E-state index >= 15 is 0 Å². The first-order valence-electron chi connectivity index (χ1n) is 10.8. The summed E-state index contributed by atoms with van der Waals surface area (Å²) in [5.41, 5.74) is 2.88. The molecule has 2 bridgehead atoms. The van der Waals surface area contributed by atoms with E-state index in [4.69, 9.17) is 0 Å². The van der Waals surface area contributed by atoms with Crippen LogP contribution in [0, 0.1) is 16.7 Å². The number of rotatable bonds is 9. The SMILES string of the molecule is CC12CCC(C(=Cc3ccc(C[N+](CCO)(CCO)CCO)cc3)C1=O)C2(C)C. The lowest BCUT2D eigenvalue weighted by atomic mass is 9.70. The molecule has 2 aliphatic carbocycles. The number of Topliss-reactive ketones (excluding diaryl/α,β-unsaturated/α-hetero) is 1. The highest BCUT2D eigenvalue weighted by Gasteiger charge is 2.63. The summed E-state index contributed by atoms with van der Waals surface area (Å²) in [6.45, 7) is 8.77. The van der Waals surface area contributed by atoms with Crippen molar-refractivity contribution >= 4 is 11.9 Å². The van der Waals surface area contributed by atoms with Crippen molar-refractivity contribution in [1.29, 1.82) is 0 Å². The van der Waals surface area contributed by atoms with Gasteiger partial charge in [-0.05, 0) is 41.4 Å². The number of fused-ring (bicyclic) bond motifs is 2. The van der Waals surface area contributed by atoms with Gasteiger partial charge in [-0.2, -0.15) is 0 Å². The predicted octanol–water partition coefficient (Wildman–Crippen LogP) is 2.39. The Hall–Kier alpha value is -1.53. The molecule has 5 nitrogen and oxygen atoms in total. The molecule has 1 aromatic carbocycles. The molecular formula is C24H36NO4+. The van der Waals surface area contributed by atoms with Gasteiger partial charge in [0.15, 0.2) is 5.78 Å². The molecule has 2 fully saturated rings. The Labute approximate surface area is 174 Å². The van der Waals surface area contributed by atoms with Crippen LogP contribution >= 0.6 is 0 Å². The Balaban J connectivity index is 1.80. The minimum atomic E-state index is -0.237. The van der Waals surface area contributed by atoms with E-state index in [1.807, 2.05) is 12.1 Å². The molecule has 5 heteroatoms. The van der Waals surface area contributed by atoms with Crippen LogP contribution < -0.4 is 0 Å². The average Bonchev–Trinajstić information content (AvgIpc) is 2.98. The van der Waals surface area contributed by atoms with Gasteiger partial charge in [0, 0.05) is 11.0 Å². The van der Waals surface area contributed by atoms with Gasteiger partial charge in [-0.15, -0.1) is 0 Å². The van der Waals surface area contributed by atoms with E-state index in [0.29, 0.717) is 42.4 Å². The van der Waals surface area contributed by atoms with Crippen LogP contribution in [0.4, 0.5) is 0 Å². The summed E-state index contributed by atoms with van der Waals surface area (Å²) in [7, 11) is 0. The highest BCUT2D eigenvalue weighted by atomic mass is 16.3. The maximum absolute atomic E-state index is 13.0. The van der Waals surface area contributed by atoms with E-state index in [1.54, 1.807) is 0 Å². The topological polar surface area (TPSA) is 77.8 Å². The average molecular weight is 403 g/mol. The van der Waals surface area contributed by atoms with Gasteiger partial charge in [-0.25, -0.2) is 0 Å². The summed E-state index contributed by atoms with van der Waals surface area (Å²) in [6, 6.07) is 8.19. The molecule has 160 valence electrons. The first kappa shape index (κ1) is 22.2. The van der Waals surface area contributed by atoms with Crippen LogP contribution in [0.15, 0.2) is 29.8 Å². The fraction of sp³-hybridized carbons (Fsp3) is 0.625. The standard InChI is InChI=1S/C24H36NO4/c1-23(2)21-8-9-24(23,3)22(29)20(21)16-18-4-6-19(7-5-18)17-25(10-13-26,11-14-27)12-15-28/h4-7,16,21,26-28H,8-15,17H2,1-3H3/q+1. The third kappa shape index (κ3) is 3.81. The molecule has 0 amide bonds. The lowest BCUT2D eigenvalue weighted by molar-refractivity contribution is -0.941. The fourth-order valence-electron chi connectivity index (χ4n) is 5.59. The van der Waals surface area contributed by atoms with Gasteiger partial charge in [-0.3, -0.25) is 4.79 Å². The number of quaternary nitrogens is 1. The van der Waals surface area contributed by atoms with Crippen molar-refractivity contribution in [3.8, 4) is 0 Å². The lowest BCUT2D eigenvalue weighted by Crippen LogP contribution is -2.52. The Morgan fingerprint density at radius 3 is 2.00 bits per heavy atom. The monoisotopic (exact) mass is 402 g/mol. The summed E-state index contributed by atoms with van der Waals surface area (Å²) in [6.07, 6.45) is 4.14. The van der Waals surface area contributed by atoms with Crippen LogP contribution in [-0.4, -0.2) is 65.0 Å². The second kappa shape index (κ2) is 8.31. The number of aliphatic hydroxyl groups is 3. The predicted molar refractivity (Wildman–Crippen MR) is 114 cm³/mol. The molecule has 0 radical (unpaired) electrons. The van der Waals surface area contributed by atoms with Crippen LogP contribution in [0.5, 0.6) is 0 Å². The molecule has 2 unspecified atom stereocenters. The van der Waals surface area contributed by atoms with Crippen molar-refractivity contribution in [2.45, 2.75) is 40.2 Å². The minimum absolute atomic E-state index is 0.0161. The second-order valence-electron chi connectivity index (χ2n) is 9.66. The Morgan fingerprint density at radius 1 is 1.00 bits per heavy atom. The molecule has 0 aliphatic heterocycles. The summed E-state index contributed by atoms with van der Waals surface area (Å²) < 4.78 is 0.455. The quantitative estimate of drug-likeness (QED) is 0.438. The number of carbonyl (C=O) groups is 1. The van der Waals surface area contributed by atoms with Gasteiger partial charge in [0.05, 0.1) is 19.8 Å². The molecule has 2 atom stereocenters. The summed E-state index contributed by atoms with van der Waals surface area (Å²) in [5, 5.41) is 28.4. The Bertz CT molecular complexity index is 751. The van der Waals surface area contributed by atoms with Crippen molar-refractivity contribution in [1.82, 2.24) is 0 Å². The number of hydrogen-bond acceptors (Lipinski definition) is 4. The number of ketones is 1. The zero-order valence-electron chi connectivity index (χ0n) is 18.0. The highest BCUT2D eigenvalue weighted by Crippen LogP contribution is 2.65. The van der Waals surface area contributed by atoms with E-state index < -0.39 is 0 Å².